The second kappa shape index (κ2) is 6.43. The minimum absolute atomic E-state index is 0.145. The number of hydrogen-bond acceptors (Lipinski definition) is 5. The Bertz CT molecular complexity index is 671. The lowest BCUT2D eigenvalue weighted by Crippen LogP contribution is -2.26. The summed E-state index contributed by atoms with van der Waals surface area (Å²) in [4.78, 5) is 16.5. The first-order valence-electron chi connectivity index (χ1n) is 6.81. The molecule has 0 aliphatic heterocycles. The van der Waals surface area contributed by atoms with E-state index in [-0.39, 0.29) is 5.56 Å². The maximum absolute atomic E-state index is 12.2. The SMILES string of the molecule is Cc1nc(CNc2cnn(CC(C)C)c(=O)c2Br)oc1C. The molecule has 0 atom stereocenters. The van der Waals surface area contributed by atoms with Gasteiger partial charge in [-0.25, -0.2) is 9.67 Å². The van der Waals surface area contributed by atoms with Gasteiger partial charge in [-0.2, -0.15) is 5.10 Å². The first-order chi connectivity index (χ1) is 9.88. The number of hydrogen-bond donors (Lipinski definition) is 1. The molecule has 0 aliphatic rings. The summed E-state index contributed by atoms with van der Waals surface area (Å²) in [6, 6.07) is 0. The summed E-state index contributed by atoms with van der Waals surface area (Å²) < 4.78 is 7.42. The molecule has 0 spiro atoms. The third-order valence-corrected chi connectivity index (χ3v) is 3.79. The Kier molecular flexibility index (Phi) is 4.82. The quantitative estimate of drug-likeness (QED) is 0.893. The average molecular weight is 355 g/mol. The molecular weight excluding hydrogens is 336 g/mol. The van der Waals surface area contributed by atoms with Crippen LogP contribution >= 0.6 is 15.9 Å². The van der Waals surface area contributed by atoms with E-state index >= 15 is 0 Å². The highest BCUT2D eigenvalue weighted by Crippen LogP contribution is 2.18. The second-order valence-electron chi connectivity index (χ2n) is 5.36. The fourth-order valence-electron chi connectivity index (χ4n) is 1.85. The summed E-state index contributed by atoms with van der Waals surface area (Å²) in [5.74, 6) is 1.75. The molecule has 2 heterocycles. The van der Waals surface area contributed by atoms with Crippen molar-refractivity contribution in [2.24, 2.45) is 5.92 Å². The van der Waals surface area contributed by atoms with Crippen LogP contribution in [0.15, 0.2) is 19.9 Å². The number of anilines is 1. The molecule has 0 unspecified atom stereocenters. The number of rotatable bonds is 5. The van der Waals surface area contributed by atoms with Gasteiger partial charge >= 0.3 is 0 Å². The van der Waals surface area contributed by atoms with Crippen LogP contribution in [-0.4, -0.2) is 14.8 Å². The van der Waals surface area contributed by atoms with Crippen molar-refractivity contribution >= 4 is 21.6 Å². The minimum atomic E-state index is -0.145. The number of nitrogens with zero attached hydrogens (tertiary/aromatic N) is 3. The summed E-state index contributed by atoms with van der Waals surface area (Å²) in [6.45, 7) is 8.85. The summed E-state index contributed by atoms with van der Waals surface area (Å²) in [7, 11) is 0. The van der Waals surface area contributed by atoms with E-state index in [2.05, 4.69) is 31.3 Å². The van der Waals surface area contributed by atoms with Gasteiger partial charge < -0.3 is 9.73 Å². The number of aryl methyl sites for hydroxylation is 2. The average Bonchev–Trinajstić information content (AvgIpc) is 2.73. The summed E-state index contributed by atoms with van der Waals surface area (Å²) >= 11 is 3.33. The number of oxazole rings is 1. The molecule has 114 valence electrons. The Hall–Kier alpha value is -1.63. The monoisotopic (exact) mass is 354 g/mol. The summed E-state index contributed by atoms with van der Waals surface area (Å²) in [5, 5.41) is 7.29. The molecule has 0 aliphatic carbocycles. The first kappa shape index (κ1) is 15.8. The van der Waals surface area contributed by atoms with Crippen LogP contribution in [0, 0.1) is 19.8 Å². The van der Waals surface area contributed by atoms with Crippen molar-refractivity contribution in [2.45, 2.75) is 40.8 Å². The zero-order chi connectivity index (χ0) is 15.6. The topological polar surface area (TPSA) is 73.0 Å². The van der Waals surface area contributed by atoms with Crippen molar-refractivity contribution in [3.8, 4) is 0 Å². The van der Waals surface area contributed by atoms with E-state index in [1.54, 1.807) is 6.20 Å². The fraction of sp³-hybridized carbons (Fsp3) is 0.500. The number of aromatic nitrogens is 3. The minimum Gasteiger partial charge on any atom is -0.444 e. The van der Waals surface area contributed by atoms with Crippen LogP contribution in [0.5, 0.6) is 0 Å². The fourth-order valence-corrected chi connectivity index (χ4v) is 2.30. The van der Waals surface area contributed by atoms with E-state index in [4.69, 9.17) is 4.42 Å². The lowest BCUT2D eigenvalue weighted by atomic mass is 10.2. The molecular formula is C14H19BrN4O2. The highest BCUT2D eigenvalue weighted by Gasteiger charge is 2.11. The van der Waals surface area contributed by atoms with E-state index < -0.39 is 0 Å². The lowest BCUT2D eigenvalue weighted by Gasteiger charge is -2.10. The number of halogens is 1. The maximum Gasteiger partial charge on any atom is 0.283 e. The molecule has 0 aromatic carbocycles. The van der Waals surface area contributed by atoms with Crippen molar-refractivity contribution in [1.29, 1.82) is 0 Å². The van der Waals surface area contributed by atoms with Gasteiger partial charge in [-0.3, -0.25) is 4.79 Å². The van der Waals surface area contributed by atoms with Gasteiger partial charge in [0.25, 0.3) is 5.56 Å². The van der Waals surface area contributed by atoms with Gasteiger partial charge in [0.2, 0.25) is 5.89 Å². The van der Waals surface area contributed by atoms with Gasteiger partial charge in [0.15, 0.2) is 0 Å². The summed E-state index contributed by atoms with van der Waals surface area (Å²) in [5.41, 5.74) is 1.36. The Morgan fingerprint density at radius 3 is 2.71 bits per heavy atom. The van der Waals surface area contributed by atoms with E-state index in [1.165, 1.54) is 4.68 Å². The summed E-state index contributed by atoms with van der Waals surface area (Å²) in [6.07, 6.45) is 1.64. The van der Waals surface area contributed by atoms with E-state index in [9.17, 15) is 4.79 Å². The predicted octanol–water partition coefficient (Wildman–Crippen LogP) is 2.88. The molecule has 21 heavy (non-hydrogen) atoms. The first-order valence-corrected chi connectivity index (χ1v) is 7.60. The molecule has 0 radical (unpaired) electrons. The van der Waals surface area contributed by atoms with Crippen LogP contribution in [-0.2, 0) is 13.1 Å². The second-order valence-corrected chi connectivity index (χ2v) is 6.15. The molecule has 2 rings (SSSR count). The van der Waals surface area contributed by atoms with E-state index in [0.29, 0.717) is 35.1 Å². The van der Waals surface area contributed by atoms with Crippen LogP contribution in [0.2, 0.25) is 0 Å². The third-order valence-electron chi connectivity index (χ3n) is 3.03. The largest absolute Gasteiger partial charge is 0.444 e. The van der Waals surface area contributed by atoms with E-state index in [1.807, 2.05) is 27.7 Å². The standard InChI is InChI=1S/C14H19BrN4O2/c1-8(2)7-19-14(20)13(15)11(5-17-19)16-6-12-18-9(3)10(4)21-12/h5,8,16H,6-7H2,1-4H3. The molecule has 7 heteroatoms. The molecule has 0 saturated carbocycles. The van der Waals surface area contributed by atoms with Crippen molar-refractivity contribution < 1.29 is 4.42 Å². The van der Waals surface area contributed by atoms with Crippen molar-refractivity contribution in [3.05, 3.63) is 38.4 Å². The molecule has 0 bridgehead atoms. The van der Waals surface area contributed by atoms with Crippen LogP contribution in [0.1, 0.15) is 31.2 Å². The lowest BCUT2D eigenvalue weighted by molar-refractivity contribution is 0.462. The molecule has 0 amide bonds. The number of nitrogens with one attached hydrogen (secondary N) is 1. The van der Waals surface area contributed by atoms with Gasteiger partial charge in [-0.05, 0) is 35.7 Å². The van der Waals surface area contributed by atoms with Crippen molar-refractivity contribution in [3.63, 3.8) is 0 Å². The molecule has 2 aromatic rings. The highest BCUT2D eigenvalue weighted by atomic mass is 79.9. The van der Waals surface area contributed by atoms with Crippen LogP contribution in [0.4, 0.5) is 5.69 Å². The molecule has 0 saturated heterocycles. The van der Waals surface area contributed by atoms with Crippen LogP contribution < -0.4 is 10.9 Å². The van der Waals surface area contributed by atoms with Gasteiger partial charge in [0.1, 0.15) is 10.2 Å². The van der Waals surface area contributed by atoms with Crippen molar-refractivity contribution in [2.75, 3.05) is 5.32 Å². The molecule has 0 fully saturated rings. The normalized spacial score (nSPS) is 11.1. The van der Waals surface area contributed by atoms with Gasteiger partial charge in [0, 0.05) is 6.54 Å². The molecule has 2 aromatic heterocycles. The van der Waals surface area contributed by atoms with Crippen LogP contribution in [0.25, 0.3) is 0 Å². The Morgan fingerprint density at radius 1 is 1.43 bits per heavy atom. The van der Waals surface area contributed by atoms with Crippen molar-refractivity contribution in [1.82, 2.24) is 14.8 Å². The van der Waals surface area contributed by atoms with Gasteiger partial charge in [-0.1, -0.05) is 13.8 Å². The Balaban J connectivity index is 2.14. The molecule has 1 N–H and O–H groups in total. The zero-order valence-corrected chi connectivity index (χ0v) is 14.2. The molecule has 6 nitrogen and oxygen atoms in total. The van der Waals surface area contributed by atoms with E-state index in [0.717, 1.165) is 11.5 Å². The highest BCUT2D eigenvalue weighted by molar-refractivity contribution is 9.10. The smallest absolute Gasteiger partial charge is 0.283 e. The van der Waals surface area contributed by atoms with Gasteiger partial charge in [-0.15, -0.1) is 0 Å². The maximum atomic E-state index is 12.2. The zero-order valence-electron chi connectivity index (χ0n) is 12.6. The third kappa shape index (κ3) is 3.72. The van der Waals surface area contributed by atoms with Crippen LogP contribution in [0.3, 0.4) is 0 Å². The van der Waals surface area contributed by atoms with Gasteiger partial charge in [0.05, 0.1) is 24.1 Å². The Morgan fingerprint density at radius 2 is 2.14 bits per heavy atom. The predicted molar refractivity (Wildman–Crippen MR) is 84.3 cm³/mol. The Labute approximate surface area is 131 Å².